The van der Waals surface area contributed by atoms with Crippen molar-refractivity contribution in [3.63, 3.8) is 0 Å². The average molecular weight is 270 g/mol. The summed E-state index contributed by atoms with van der Waals surface area (Å²) in [6.45, 7) is 0.114. The molecule has 72 valence electrons. The maximum Gasteiger partial charge on any atom is 0.267 e. The van der Waals surface area contributed by atoms with Crippen LogP contribution in [0.3, 0.4) is 0 Å². The molecule has 13 heavy (non-hydrogen) atoms. The molecule has 0 amide bonds. The maximum absolute atomic E-state index is 12.8. The first kappa shape index (κ1) is 9.26. The highest BCUT2D eigenvalue weighted by Crippen LogP contribution is 2.33. The fraction of sp³-hybridized carbons (Fsp3) is 0.667. The minimum Gasteiger partial charge on any atom is -0.340 e. The van der Waals surface area contributed by atoms with Crippen molar-refractivity contribution in [1.82, 2.24) is 10.2 Å². The van der Waals surface area contributed by atoms with Gasteiger partial charge >= 0.3 is 0 Å². The van der Waals surface area contributed by atoms with Crippen LogP contribution in [0.15, 0.2) is 3.92 Å². The summed E-state index contributed by atoms with van der Waals surface area (Å²) in [5, 5.41) is 8.04. The second-order valence-electron chi connectivity index (χ2n) is 2.87. The van der Waals surface area contributed by atoms with Crippen molar-refractivity contribution in [2.24, 2.45) is 0 Å². The van der Waals surface area contributed by atoms with E-state index in [0.29, 0.717) is 15.6 Å². The molecule has 0 saturated carbocycles. The molecule has 0 aliphatic carbocycles. The molecule has 1 aliphatic heterocycles. The van der Waals surface area contributed by atoms with Gasteiger partial charge in [-0.2, -0.15) is 0 Å². The average Bonchev–Trinajstić information content (AvgIpc) is 2.56. The Hall–Kier alpha value is -0.300. The zero-order chi connectivity index (χ0) is 9.47. The summed E-state index contributed by atoms with van der Waals surface area (Å²) in [7, 11) is 0. The first-order chi connectivity index (χ1) is 6.07. The SMILES string of the molecule is FC1(F)CCN(c2nnc(Br)s2)C1. The van der Waals surface area contributed by atoms with Gasteiger partial charge in [0.15, 0.2) is 3.92 Å². The second kappa shape index (κ2) is 3.13. The van der Waals surface area contributed by atoms with Gasteiger partial charge in [0.2, 0.25) is 5.13 Å². The zero-order valence-corrected chi connectivity index (χ0v) is 8.91. The number of alkyl halides is 2. The fourth-order valence-corrected chi connectivity index (χ4v) is 2.34. The molecule has 0 bridgehead atoms. The van der Waals surface area contributed by atoms with Crippen LogP contribution in [0.4, 0.5) is 13.9 Å². The normalized spacial score (nSPS) is 21.0. The van der Waals surface area contributed by atoms with Gasteiger partial charge in [-0.15, -0.1) is 10.2 Å². The standard InChI is InChI=1S/C6H6BrF2N3S/c7-4-10-11-5(13-4)12-2-1-6(8,9)3-12/h1-3H2. The van der Waals surface area contributed by atoms with E-state index in [1.807, 2.05) is 0 Å². The third-order valence-electron chi connectivity index (χ3n) is 1.83. The van der Waals surface area contributed by atoms with Crippen molar-refractivity contribution in [1.29, 1.82) is 0 Å². The van der Waals surface area contributed by atoms with Crippen LogP contribution in [-0.2, 0) is 0 Å². The molecule has 0 unspecified atom stereocenters. The molecule has 1 aromatic heterocycles. The Morgan fingerprint density at radius 3 is 2.69 bits per heavy atom. The van der Waals surface area contributed by atoms with Crippen LogP contribution in [0.2, 0.25) is 0 Å². The topological polar surface area (TPSA) is 29.0 Å². The Labute approximate surface area is 85.9 Å². The number of aromatic nitrogens is 2. The van der Waals surface area contributed by atoms with Crippen molar-refractivity contribution in [3.8, 4) is 0 Å². The molecular formula is C6H6BrF2N3S. The predicted octanol–water partition coefficient (Wildman–Crippen LogP) is 2.15. The van der Waals surface area contributed by atoms with E-state index in [2.05, 4.69) is 26.1 Å². The molecule has 1 fully saturated rings. The minimum atomic E-state index is -2.57. The molecule has 0 atom stereocenters. The van der Waals surface area contributed by atoms with Gasteiger partial charge in [-0.05, 0) is 15.9 Å². The van der Waals surface area contributed by atoms with Crippen LogP contribution in [0.25, 0.3) is 0 Å². The molecule has 2 heterocycles. The summed E-state index contributed by atoms with van der Waals surface area (Å²) in [5.74, 6) is -2.57. The van der Waals surface area contributed by atoms with Crippen LogP contribution in [-0.4, -0.2) is 29.2 Å². The van der Waals surface area contributed by atoms with Crippen molar-refractivity contribution in [3.05, 3.63) is 3.92 Å². The second-order valence-corrected chi connectivity index (χ2v) is 5.10. The molecular weight excluding hydrogens is 264 g/mol. The number of hydrogen-bond acceptors (Lipinski definition) is 4. The van der Waals surface area contributed by atoms with E-state index in [0.717, 1.165) is 0 Å². The monoisotopic (exact) mass is 269 g/mol. The highest BCUT2D eigenvalue weighted by molar-refractivity contribution is 9.11. The van der Waals surface area contributed by atoms with Crippen molar-refractivity contribution < 1.29 is 8.78 Å². The third-order valence-corrected chi connectivity index (χ3v) is 3.25. The summed E-state index contributed by atoms with van der Waals surface area (Å²) in [6, 6.07) is 0. The first-order valence-corrected chi connectivity index (χ1v) is 5.30. The zero-order valence-electron chi connectivity index (χ0n) is 6.51. The summed E-state index contributed by atoms with van der Waals surface area (Å²) in [5.41, 5.74) is 0. The molecule has 0 radical (unpaired) electrons. The van der Waals surface area contributed by atoms with Crippen LogP contribution < -0.4 is 4.90 Å². The third kappa shape index (κ3) is 1.96. The highest BCUT2D eigenvalue weighted by atomic mass is 79.9. The van der Waals surface area contributed by atoms with E-state index >= 15 is 0 Å². The van der Waals surface area contributed by atoms with E-state index in [1.54, 1.807) is 4.90 Å². The quantitative estimate of drug-likeness (QED) is 0.783. The van der Waals surface area contributed by atoms with E-state index in [-0.39, 0.29) is 13.0 Å². The number of hydrogen-bond donors (Lipinski definition) is 0. The number of anilines is 1. The molecule has 1 saturated heterocycles. The number of nitrogens with zero attached hydrogens (tertiary/aromatic N) is 3. The molecule has 7 heteroatoms. The lowest BCUT2D eigenvalue weighted by molar-refractivity contribution is 0.0257. The molecule has 0 spiro atoms. The Morgan fingerprint density at radius 2 is 2.23 bits per heavy atom. The van der Waals surface area contributed by atoms with E-state index < -0.39 is 5.92 Å². The molecule has 0 N–H and O–H groups in total. The lowest BCUT2D eigenvalue weighted by Crippen LogP contribution is -2.24. The van der Waals surface area contributed by atoms with Gasteiger partial charge in [0.05, 0.1) is 6.54 Å². The van der Waals surface area contributed by atoms with Crippen molar-refractivity contribution >= 4 is 32.4 Å². The molecule has 3 nitrogen and oxygen atoms in total. The van der Waals surface area contributed by atoms with Gasteiger partial charge in [0, 0.05) is 13.0 Å². The van der Waals surface area contributed by atoms with Crippen LogP contribution in [0.1, 0.15) is 6.42 Å². The van der Waals surface area contributed by atoms with E-state index in [9.17, 15) is 8.78 Å². The van der Waals surface area contributed by atoms with Gasteiger partial charge in [-0.1, -0.05) is 11.3 Å². The smallest absolute Gasteiger partial charge is 0.267 e. The molecule has 1 aliphatic rings. The Kier molecular flexibility index (Phi) is 2.23. The van der Waals surface area contributed by atoms with Crippen molar-refractivity contribution in [2.45, 2.75) is 12.3 Å². The largest absolute Gasteiger partial charge is 0.340 e. The molecule has 1 aromatic rings. The summed E-state index contributed by atoms with van der Waals surface area (Å²) in [4.78, 5) is 1.56. The number of rotatable bonds is 1. The summed E-state index contributed by atoms with van der Waals surface area (Å²) in [6.07, 6.45) is -0.0931. The van der Waals surface area contributed by atoms with Gasteiger partial charge in [0.1, 0.15) is 0 Å². The lowest BCUT2D eigenvalue weighted by atomic mass is 10.3. The van der Waals surface area contributed by atoms with Crippen LogP contribution in [0, 0.1) is 0 Å². The molecule has 0 aromatic carbocycles. The van der Waals surface area contributed by atoms with Gasteiger partial charge in [0.25, 0.3) is 5.92 Å². The van der Waals surface area contributed by atoms with Gasteiger partial charge < -0.3 is 4.90 Å². The fourth-order valence-electron chi connectivity index (χ4n) is 1.23. The van der Waals surface area contributed by atoms with Crippen LogP contribution >= 0.6 is 27.3 Å². The van der Waals surface area contributed by atoms with E-state index in [1.165, 1.54) is 11.3 Å². The lowest BCUT2D eigenvalue weighted by Gasteiger charge is -2.12. The number of halogens is 3. The van der Waals surface area contributed by atoms with Crippen LogP contribution in [0.5, 0.6) is 0 Å². The first-order valence-electron chi connectivity index (χ1n) is 3.69. The maximum atomic E-state index is 12.8. The molecule has 2 rings (SSSR count). The van der Waals surface area contributed by atoms with Gasteiger partial charge in [-0.3, -0.25) is 0 Å². The summed E-state index contributed by atoms with van der Waals surface area (Å²) < 4.78 is 26.2. The predicted molar refractivity (Wildman–Crippen MR) is 49.4 cm³/mol. The minimum absolute atomic E-state index is 0.0931. The van der Waals surface area contributed by atoms with Crippen molar-refractivity contribution in [2.75, 3.05) is 18.0 Å². The Balaban J connectivity index is 2.12. The Bertz CT molecular complexity index is 317. The highest BCUT2D eigenvalue weighted by Gasteiger charge is 2.39. The van der Waals surface area contributed by atoms with Gasteiger partial charge in [-0.25, -0.2) is 8.78 Å². The Morgan fingerprint density at radius 1 is 1.46 bits per heavy atom. The summed E-state index contributed by atoms with van der Waals surface area (Å²) >= 11 is 4.41. The van der Waals surface area contributed by atoms with E-state index in [4.69, 9.17) is 0 Å².